The third-order valence-corrected chi connectivity index (χ3v) is 5.45. The standard InChI is InChI=1S/C24H21N3O7/c1-3-33-23(31)18-17(25-24(32)26-19(18)13-7-5-4-6-8-13)12-34-22(30)14-9-10-15-16(11-14)21(29)27(2)20(15)28/h4-11,19H,3,12H2,1-2H3,(H2,25,26,32). The zero-order chi connectivity index (χ0) is 24.4. The molecule has 10 heteroatoms. The number of hydrogen-bond donors (Lipinski definition) is 2. The van der Waals surface area contributed by atoms with E-state index in [-0.39, 0.29) is 34.6 Å². The van der Waals surface area contributed by atoms with Crippen LogP contribution in [0.5, 0.6) is 0 Å². The second-order valence-corrected chi connectivity index (χ2v) is 7.56. The fraction of sp³-hybridized carbons (Fsp3) is 0.208. The fourth-order valence-electron chi connectivity index (χ4n) is 3.79. The van der Waals surface area contributed by atoms with Crippen LogP contribution in [0.1, 0.15) is 49.6 Å². The molecule has 4 rings (SSSR count). The van der Waals surface area contributed by atoms with Crippen molar-refractivity contribution in [1.29, 1.82) is 0 Å². The quantitative estimate of drug-likeness (QED) is 0.494. The third-order valence-electron chi connectivity index (χ3n) is 5.45. The number of esters is 2. The Bertz CT molecular complexity index is 1240. The van der Waals surface area contributed by atoms with Crippen LogP contribution in [0.15, 0.2) is 59.8 Å². The van der Waals surface area contributed by atoms with Gasteiger partial charge in [0.25, 0.3) is 11.8 Å². The summed E-state index contributed by atoms with van der Waals surface area (Å²) in [5, 5.41) is 5.21. The lowest BCUT2D eigenvalue weighted by Crippen LogP contribution is -2.47. The SMILES string of the molecule is CCOC(=O)C1=C(COC(=O)c2ccc3c(c2)C(=O)N(C)C3=O)NC(=O)NC1c1ccccc1. The van der Waals surface area contributed by atoms with E-state index < -0.39 is 42.4 Å². The van der Waals surface area contributed by atoms with Gasteiger partial charge in [-0.3, -0.25) is 14.5 Å². The summed E-state index contributed by atoms with van der Waals surface area (Å²) in [6.07, 6.45) is 0. The van der Waals surface area contributed by atoms with Crippen LogP contribution in [0.4, 0.5) is 4.79 Å². The number of nitrogens with zero attached hydrogens (tertiary/aromatic N) is 1. The molecule has 2 aromatic carbocycles. The zero-order valence-corrected chi connectivity index (χ0v) is 18.4. The van der Waals surface area contributed by atoms with Crippen molar-refractivity contribution < 1.29 is 33.4 Å². The molecule has 0 spiro atoms. The smallest absolute Gasteiger partial charge is 0.338 e. The highest BCUT2D eigenvalue weighted by atomic mass is 16.5. The van der Waals surface area contributed by atoms with E-state index in [9.17, 15) is 24.0 Å². The van der Waals surface area contributed by atoms with Crippen molar-refractivity contribution in [3.63, 3.8) is 0 Å². The molecule has 1 atom stereocenters. The lowest BCUT2D eigenvalue weighted by atomic mass is 9.95. The number of nitrogens with one attached hydrogen (secondary N) is 2. The number of carbonyl (C=O) groups excluding carboxylic acids is 5. The molecule has 0 saturated heterocycles. The van der Waals surface area contributed by atoms with E-state index in [4.69, 9.17) is 9.47 Å². The topological polar surface area (TPSA) is 131 Å². The summed E-state index contributed by atoms with van der Waals surface area (Å²) in [5.74, 6) is -2.43. The van der Waals surface area contributed by atoms with Crippen LogP contribution < -0.4 is 10.6 Å². The summed E-state index contributed by atoms with van der Waals surface area (Å²) in [4.78, 5) is 63.0. The molecule has 2 aliphatic heterocycles. The fourth-order valence-corrected chi connectivity index (χ4v) is 3.79. The van der Waals surface area contributed by atoms with Gasteiger partial charge in [-0.1, -0.05) is 30.3 Å². The highest BCUT2D eigenvalue weighted by Gasteiger charge is 2.35. The van der Waals surface area contributed by atoms with Crippen LogP contribution in [0, 0.1) is 0 Å². The molecule has 0 aliphatic carbocycles. The van der Waals surface area contributed by atoms with E-state index in [1.807, 2.05) is 0 Å². The molecule has 2 aliphatic rings. The van der Waals surface area contributed by atoms with Crippen LogP contribution in [0.2, 0.25) is 0 Å². The maximum Gasteiger partial charge on any atom is 0.338 e. The highest BCUT2D eigenvalue weighted by Crippen LogP contribution is 2.28. The number of imide groups is 1. The minimum Gasteiger partial charge on any atom is -0.463 e. The van der Waals surface area contributed by atoms with Crippen molar-refractivity contribution in [2.45, 2.75) is 13.0 Å². The minimum atomic E-state index is -0.804. The van der Waals surface area contributed by atoms with E-state index in [2.05, 4.69) is 10.6 Å². The molecule has 0 radical (unpaired) electrons. The van der Waals surface area contributed by atoms with Crippen molar-refractivity contribution in [2.75, 3.05) is 20.3 Å². The number of hydrogen-bond acceptors (Lipinski definition) is 7. The number of amides is 4. The maximum absolute atomic E-state index is 12.8. The Morgan fingerprint density at radius 2 is 1.65 bits per heavy atom. The van der Waals surface area contributed by atoms with Gasteiger partial charge in [0.1, 0.15) is 6.61 Å². The van der Waals surface area contributed by atoms with Crippen LogP contribution in [-0.4, -0.2) is 54.9 Å². The van der Waals surface area contributed by atoms with Crippen molar-refractivity contribution >= 4 is 29.8 Å². The average molecular weight is 463 g/mol. The molecular formula is C24H21N3O7. The number of urea groups is 1. The molecular weight excluding hydrogens is 442 g/mol. The Balaban J connectivity index is 1.61. The normalized spacial score (nSPS) is 17.2. The Kier molecular flexibility index (Phi) is 6.13. The minimum absolute atomic E-state index is 0.0494. The molecule has 1 unspecified atom stereocenters. The molecule has 0 aromatic heterocycles. The average Bonchev–Trinajstić information content (AvgIpc) is 3.06. The second-order valence-electron chi connectivity index (χ2n) is 7.56. The van der Waals surface area contributed by atoms with Crippen LogP contribution in [-0.2, 0) is 14.3 Å². The van der Waals surface area contributed by atoms with Gasteiger partial charge in [-0.15, -0.1) is 0 Å². The van der Waals surface area contributed by atoms with Gasteiger partial charge in [0.05, 0.1) is 40.6 Å². The molecule has 2 aromatic rings. The van der Waals surface area contributed by atoms with E-state index in [0.717, 1.165) is 4.90 Å². The van der Waals surface area contributed by atoms with E-state index in [1.165, 1.54) is 25.2 Å². The van der Waals surface area contributed by atoms with E-state index >= 15 is 0 Å². The molecule has 174 valence electrons. The summed E-state index contributed by atoms with van der Waals surface area (Å²) in [7, 11) is 1.36. The Morgan fingerprint density at radius 3 is 2.35 bits per heavy atom. The van der Waals surface area contributed by atoms with Crippen LogP contribution >= 0.6 is 0 Å². The molecule has 0 fully saturated rings. The first-order chi connectivity index (χ1) is 16.3. The zero-order valence-electron chi connectivity index (χ0n) is 18.4. The van der Waals surface area contributed by atoms with Crippen molar-refractivity contribution in [3.05, 3.63) is 82.1 Å². The molecule has 10 nitrogen and oxygen atoms in total. The van der Waals surface area contributed by atoms with Crippen molar-refractivity contribution in [2.24, 2.45) is 0 Å². The third kappa shape index (κ3) is 4.13. The summed E-state index contributed by atoms with van der Waals surface area (Å²) in [5.41, 5.74) is 1.19. The number of benzene rings is 2. The van der Waals surface area contributed by atoms with Crippen LogP contribution in [0.25, 0.3) is 0 Å². The van der Waals surface area contributed by atoms with Gasteiger partial charge in [0.2, 0.25) is 0 Å². The van der Waals surface area contributed by atoms with E-state index in [0.29, 0.717) is 5.56 Å². The van der Waals surface area contributed by atoms with Crippen LogP contribution in [0.3, 0.4) is 0 Å². The summed E-state index contributed by atoms with van der Waals surface area (Å²) in [6, 6.07) is 11.5. The number of carbonyl (C=O) groups is 5. The van der Waals surface area contributed by atoms with Gasteiger partial charge in [0.15, 0.2) is 0 Å². The van der Waals surface area contributed by atoms with Gasteiger partial charge in [0, 0.05) is 7.05 Å². The number of rotatable bonds is 6. The first-order valence-corrected chi connectivity index (χ1v) is 10.5. The first-order valence-electron chi connectivity index (χ1n) is 10.5. The van der Waals surface area contributed by atoms with Gasteiger partial charge < -0.3 is 20.1 Å². The van der Waals surface area contributed by atoms with Gasteiger partial charge in [-0.05, 0) is 30.7 Å². The molecule has 2 heterocycles. The lowest BCUT2D eigenvalue weighted by Gasteiger charge is -2.29. The van der Waals surface area contributed by atoms with Gasteiger partial charge in [-0.2, -0.15) is 0 Å². The summed E-state index contributed by atoms with van der Waals surface area (Å²) in [6.45, 7) is 1.34. The summed E-state index contributed by atoms with van der Waals surface area (Å²) < 4.78 is 10.5. The van der Waals surface area contributed by atoms with Gasteiger partial charge >= 0.3 is 18.0 Å². The monoisotopic (exact) mass is 463 g/mol. The first kappa shape index (κ1) is 22.7. The van der Waals surface area contributed by atoms with E-state index in [1.54, 1.807) is 37.3 Å². The largest absolute Gasteiger partial charge is 0.463 e. The molecule has 4 amide bonds. The Morgan fingerprint density at radius 1 is 0.941 bits per heavy atom. The molecule has 34 heavy (non-hydrogen) atoms. The lowest BCUT2D eigenvalue weighted by molar-refractivity contribution is -0.139. The molecule has 2 N–H and O–H groups in total. The summed E-state index contributed by atoms with van der Waals surface area (Å²) >= 11 is 0. The Labute approximate surface area is 194 Å². The molecule has 0 saturated carbocycles. The number of ether oxygens (including phenoxy) is 2. The van der Waals surface area contributed by atoms with Crippen molar-refractivity contribution in [1.82, 2.24) is 15.5 Å². The van der Waals surface area contributed by atoms with Gasteiger partial charge in [-0.25, -0.2) is 14.4 Å². The second kappa shape index (κ2) is 9.18. The highest BCUT2D eigenvalue weighted by molar-refractivity contribution is 6.21. The maximum atomic E-state index is 12.8. The molecule has 0 bridgehead atoms. The predicted octanol–water partition coefficient (Wildman–Crippen LogP) is 1.94. The van der Waals surface area contributed by atoms with Crippen molar-refractivity contribution in [3.8, 4) is 0 Å². The Hall–Kier alpha value is -4.47. The predicted molar refractivity (Wildman–Crippen MR) is 118 cm³/mol. The number of fused-ring (bicyclic) bond motifs is 1.